The molecule has 1 fully saturated rings. The Morgan fingerprint density at radius 3 is 2.60 bits per heavy atom. The van der Waals surface area contributed by atoms with E-state index in [0.29, 0.717) is 43.0 Å². The van der Waals surface area contributed by atoms with E-state index in [9.17, 15) is 9.59 Å². The van der Waals surface area contributed by atoms with Gasteiger partial charge in [-0.2, -0.15) is 0 Å². The van der Waals surface area contributed by atoms with E-state index in [-0.39, 0.29) is 11.5 Å². The summed E-state index contributed by atoms with van der Waals surface area (Å²) in [5.41, 5.74) is 1.16. The van der Waals surface area contributed by atoms with Crippen LogP contribution < -0.4 is 10.5 Å². The van der Waals surface area contributed by atoms with Crippen LogP contribution in [0.4, 0.5) is 5.82 Å². The number of nitrogens with zero attached hydrogens (tertiary/aromatic N) is 4. The van der Waals surface area contributed by atoms with Crippen molar-refractivity contribution in [2.75, 3.05) is 31.1 Å². The maximum atomic E-state index is 12.5. The molecular weight excluding hydrogens is 318 g/mol. The van der Waals surface area contributed by atoms with Crippen LogP contribution in [-0.2, 0) is 11.2 Å². The molecule has 2 aromatic rings. The van der Waals surface area contributed by atoms with Crippen molar-refractivity contribution in [2.45, 2.75) is 26.7 Å². The number of aromatic amines is 1. The zero-order valence-electron chi connectivity index (χ0n) is 14.7. The van der Waals surface area contributed by atoms with Crippen LogP contribution in [0.2, 0.25) is 0 Å². The van der Waals surface area contributed by atoms with Gasteiger partial charge >= 0.3 is 0 Å². The number of aryl methyl sites for hydroxylation is 2. The van der Waals surface area contributed by atoms with Crippen LogP contribution >= 0.6 is 0 Å². The lowest BCUT2D eigenvalue weighted by atomic mass is 10.1. The van der Waals surface area contributed by atoms with Crippen LogP contribution in [0.1, 0.15) is 23.5 Å². The Bertz CT molecular complexity index is 795. The van der Waals surface area contributed by atoms with Gasteiger partial charge in [-0.05, 0) is 32.4 Å². The Balaban J connectivity index is 1.54. The minimum atomic E-state index is -0.141. The standard InChI is InChI=1S/C18H23N5O2/c1-13-15(18(25)21-14(2)20-13)6-7-17(24)23-11-9-22(10-12-23)16-5-3-4-8-19-16/h3-5,8H,6-7,9-12H2,1-2H3,(H,20,21,25). The predicted octanol–water partition coefficient (Wildman–Crippen LogP) is 1.06. The molecule has 7 nitrogen and oxygen atoms in total. The molecule has 1 aliphatic rings. The number of carbonyl (C=O) groups is 1. The highest BCUT2D eigenvalue weighted by Gasteiger charge is 2.22. The van der Waals surface area contributed by atoms with Gasteiger partial charge in [-0.1, -0.05) is 6.07 Å². The van der Waals surface area contributed by atoms with E-state index in [4.69, 9.17) is 0 Å². The van der Waals surface area contributed by atoms with Crippen molar-refractivity contribution in [3.8, 4) is 0 Å². The summed E-state index contributed by atoms with van der Waals surface area (Å²) in [5, 5.41) is 0. The molecule has 0 atom stereocenters. The van der Waals surface area contributed by atoms with Gasteiger partial charge in [0, 0.05) is 50.1 Å². The lowest BCUT2D eigenvalue weighted by Gasteiger charge is -2.35. The van der Waals surface area contributed by atoms with E-state index in [2.05, 4.69) is 19.9 Å². The van der Waals surface area contributed by atoms with Gasteiger partial charge < -0.3 is 14.8 Å². The Hall–Kier alpha value is -2.70. The van der Waals surface area contributed by atoms with Crippen molar-refractivity contribution in [3.05, 3.63) is 51.8 Å². The summed E-state index contributed by atoms with van der Waals surface area (Å²) < 4.78 is 0. The second-order valence-corrected chi connectivity index (χ2v) is 6.27. The normalized spacial score (nSPS) is 14.6. The molecule has 0 saturated carbocycles. The van der Waals surface area contributed by atoms with Crippen molar-refractivity contribution >= 4 is 11.7 Å². The van der Waals surface area contributed by atoms with Crippen LogP contribution in [0.15, 0.2) is 29.2 Å². The molecule has 0 radical (unpaired) electrons. The molecule has 0 bridgehead atoms. The topological polar surface area (TPSA) is 82.2 Å². The molecule has 3 heterocycles. The first-order valence-electron chi connectivity index (χ1n) is 8.55. The van der Waals surface area contributed by atoms with Gasteiger partial charge in [0.2, 0.25) is 5.91 Å². The van der Waals surface area contributed by atoms with Crippen LogP contribution in [0.3, 0.4) is 0 Å². The Morgan fingerprint density at radius 1 is 1.20 bits per heavy atom. The number of rotatable bonds is 4. The number of hydrogen-bond donors (Lipinski definition) is 1. The second-order valence-electron chi connectivity index (χ2n) is 6.27. The van der Waals surface area contributed by atoms with E-state index in [1.807, 2.05) is 30.0 Å². The molecule has 0 unspecified atom stereocenters. The minimum Gasteiger partial charge on any atom is -0.353 e. The Labute approximate surface area is 146 Å². The van der Waals surface area contributed by atoms with Crippen LogP contribution in [0.5, 0.6) is 0 Å². The molecule has 0 spiro atoms. The highest BCUT2D eigenvalue weighted by molar-refractivity contribution is 5.76. The third kappa shape index (κ3) is 4.04. The third-order valence-corrected chi connectivity index (χ3v) is 4.54. The number of pyridine rings is 1. The number of hydrogen-bond acceptors (Lipinski definition) is 5. The molecule has 1 amide bonds. The van der Waals surface area contributed by atoms with Gasteiger partial charge in [0.1, 0.15) is 11.6 Å². The first-order valence-corrected chi connectivity index (χ1v) is 8.55. The summed E-state index contributed by atoms with van der Waals surface area (Å²) in [6.07, 6.45) is 2.54. The van der Waals surface area contributed by atoms with Gasteiger partial charge in [0.05, 0.1) is 0 Å². The molecule has 1 saturated heterocycles. The molecular formula is C18H23N5O2. The molecule has 7 heteroatoms. The highest BCUT2D eigenvalue weighted by Crippen LogP contribution is 2.13. The summed E-state index contributed by atoms with van der Waals surface area (Å²) in [7, 11) is 0. The summed E-state index contributed by atoms with van der Waals surface area (Å²) in [5.74, 6) is 1.63. The Morgan fingerprint density at radius 2 is 1.96 bits per heavy atom. The zero-order valence-corrected chi connectivity index (χ0v) is 14.7. The smallest absolute Gasteiger partial charge is 0.254 e. The van der Waals surface area contributed by atoms with Crippen LogP contribution in [-0.4, -0.2) is 51.9 Å². The maximum Gasteiger partial charge on any atom is 0.254 e. The average Bonchev–Trinajstić information content (AvgIpc) is 2.61. The van der Waals surface area contributed by atoms with Crippen LogP contribution in [0, 0.1) is 13.8 Å². The van der Waals surface area contributed by atoms with Gasteiger partial charge in [-0.3, -0.25) is 9.59 Å². The lowest BCUT2D eigenvalue weighted by Crippen LogP contribution is -2.49. The number of carbonyl (C=O) groups excluding carboxylic acids is 1. The SMILES string of the molecule is Cc1nc(C)c(CCC(=O)N2CCN(c3ccccn3)CC2)c(=O)[nH]1. The van der Waals surface area contributed by atoms with E-state index in [0.717, 1.165) is 18.9 Å². The van der Waals surface area contributed by atoms with Crippen molar-refractivity contribution < 1.29 is 4.79 Å². The number of amides is 1. The summed E-state index contributed by atoms with van der Waals surface area (Å²) in [6, 6.07) is 5.85. The molecule has 25 heavy (non-hydrogen) atoms. The van der Waals surface area contributed by atoms with Crippen molar-refractivity contribution in [3.63, 3.8) is 0 Å². The average molecular weight is 341 g/mol. The minimum absolute atomic E-state index is 0.0834. The molecule has 0 aliphatic carbocycles. The second kappa shape index (κ2) is 7.46. The lowest BCUT2D eigenvalue weighted by molar-refractivity contribution is -0.131. The fourth-order valence-corrected chi connectivity index (χ4v) is 3.16. The zero-order chi connectivity index (χ0) is 17.8. The molecule has 1 aliphatic heterocycles. The molecule has 2 aromatic heterocycles. The van der Waals surface area contributed by atoms with Crippen molar-refractivity contribution in [1.82, 2.24) is 19.9 Å². The number of anilines is 1. The quantitative estimate of drug-likeness (QED) is 0.899. The van der Waals surface area contributed by atoms with E-state index < -0.39 is 0 Å². The molecule has 3 rings (SSSR count). The molecule has 0 aromatic carbocycles. The predicted molar refractivity (Wildman–Crippen MR) is 95.7 cm³/mol. The first kappa shape index (κ1) is 17.1. The van der Waals surface area contributed by atoms with Crippen molar-refractivity contribution in [1.29, 1.82) is 0 Å². The van der Waals surface area contributed by atoms with Gasteiger partial charge in [-0.25, -0.2) is 9.97 Å². The number of H-pyrrole nitrogens is 1. The molecule has 1 N–H and O–H groups in total. The highest BCUT2D eigenvalue weighted by atomic mass is 16.2. The Kier molecular flexibility index (Phi) is 5.11. The maximum absolute atomic E-state index is 12.5. The fourth-order valence-electron chi connectivity index (χ4n) is 3.16. The van der Waals surface area contributed by atoms with E-state index in [1.165, 1.54) is 0 Å². The van der Waals surface area contributed by atoms with Crippen LogP contribution in [0.25, 0.3) is 0 Å². The van der Waals surface area contributed by atoms with Crippen molar-refractivity contribution in [2.24, 2.45) is 0 Å². The van der Waals surface area contributed by atoms with Gasteiger partial charge in [0.25, 0.3) is 5.56 Å². The molecule has 132 valence electrons. The summed E-state index contributed by atoms with van der Waals surface area (Å²) >= 11 is 0. The number of piperazine rings is 1. The monoisotopic (exact) mass is 341 g/mol. The first-order chi connectivity index (χ1) is 12.0. The third-order valence-electron chi connectivity index (χ3n) is 4.54. The number of aromatic nitrogens is 3. The largest absolute Gasteiger partial charge is 0.353 e. The summed E-state index contributed by atoms with van der Waals surface area (Å²) in [4.78, 5) is 39.9. The number of nitrogens with one attached hydrogen (secondary N) is 1. The van der Waals surface area contributed by atoms with E-state index >= 15 is 0 Å². The van der Waals surface area contributed by atoms with E-state index in [1.54, 1.807) is 13.1 Å². The summed E-state index contributed by atoms with van der Waals surface area (Å²) in [6.45, 7) is 6.47. The fraction of sp³-hybridized carbons (Fsp3) is 0.444. The van der Waals surface area contributed by atoms with Gasteiger partial charge in [0.15, 0.2) is 0 Å². The van der Waals surface area contributed by atoms with Gasteiger partial charge in [-0.15, -0.1) is 0 Å².